The van der Waals surface area contributed by atoms with Crippen LogP contribution >= 0.6 is 0 Å². The van der Waals surface area contributed by atoms with Crippen LogP contribution < -0.4 is 4.74 Å². The minimum absolute atomic E-state index is 0.966. The third-order valence-corrected chi connectivity index (χ3v) is 3.88. The van der Waals surface area contributed by atoms with Gasteiger partial charge in [-0.05, 0) is 56.2 Å². The normalized spacial score (nSPS) is 11.3. The maximum atomic E-state index is 5.26. The van der Waals surface area contributed by atoms with Gasteiger partial charge in [-0.15, -0.1) is 6.58 Å². The summed E-state index contributed by atoms with van der Waals surface area (Å²) in [5, 5.41) is 0. The van der Waals surface area contributed by atoms with Gasteiger partial charge in [0, 0.05) is 0 Å². The molecule has 0 N–H and O–H groups in total. The first-order valence-corrected chi connectivity index (χ1v) is 8.90. The van der Waals surface area contributed by atoms with E-state index in [4.69, 9.17) is 4.74 Å². The van der Waals surface area contributed by atoms with Crippen LogP contribution in [0.1, 0.15) is 56.9 Å². The fraction of sp³-hybridized carbons (Fsp3) is 0.455. The Labute approximate surface area is 142 Å². The van der Waals surface area contributed by atoms with E-state index in [0.717, 1.165) is 25.0 Å². The van der Waals surface area contributed by atoms with Crippen molar-refractivity contribution in [3.63, 3.8) is 0 Å². The second-order valence-electron chi connectivity index (χ2n) is 5.86. The highest BCUT2D eigenvalue weighted by atomic mass is 16.5. The average Bonchev–Trinajstić information content (AvgIpc) is 2.59. The van der Waals surface area contributed by atoms with E-state index in [1.54, 1.807) is 7.11 Å². The Balaban J connectivity index is 1.95. The third-order valence-electron chi connectivity index (χ3n) is 3.88. The number of unbranched alkanes of at least 4 members (excludes halogenated alkanes) is 5. The molecule has 0 spiro atoms. The van der Waals surface area contributed by atoms with Crippen molar-refractivity contribution in [1.29, 1.82) is 0 Å². The summed E-state index contributed by atoms with van der Waals surface area (Å²) in [7, 11) is 1.73. The van der Waals surface area contributed by atoms with Crippen LogP contribution in [0.25, 0.3) is 0 Å². The lowest BCUT2D eigenvalue weighted by Gasteiger charge is -2.04. The predicted molar refractivity (Wildman–Crippen MR) is 102 cm³/mol. The lowest BCUT2D eigenvalue weighted by molar-refractivity contribution is 0.414. The summed E-state index contributed by atoms with van der Waals surface area (Å²) in [5.41, 5.74) is 1.39. The highest BCUT2D eigenvalue weighted by Crippen LogP contribution is 2.15. The molecule has 1 rings (SSSR count). The minimum Gasteiger partial charge on any atom is -0.497 e. The van der Waals surface area contributed by atoms with E-state index in [2.05, 4.69) is 49.1 Å². The second-order valence-corrected chi connectivity index (χ2v) is 5.86. The highest BCUT2D eigenvalue weighted by Gasteiger charge is 1.96. The zero-order chi connectivity index (χ0) is 16.6. The van der Waals surface area contributed by atoms with E-state index in [9.17, 15) is 0 Å². The van der Waals surface area contributed by atoms with Crippen molar-refractivity contribution in [2.24, 2.45) is 0 Å². The van der Waals surface area contributed by atoms with Crippen molar-refractivity contribution in [2.75, 3.05) is 7.11 Å². The highest BCUT2D eigenvalue weighted by molar-refractivity contribution is 5.28. The summed E-state index contributed by atoms with van der Waals surface area (Å²) < 4.78 is 5.26. The molecule has 0 atom stereocenters. The number of methoxy groups -OCH3 is 1. The van der Waals surface area contributed by atoms with Crippen molar-refractivity contribution >= 4 is 0 Å². The quantitative estimate of drug-likeness (QED) is 0.292. The first kappa shape index (κ1) is 19.3. The van der Waals surface area contributed by atoms with E-state index in [-0.39, 0.29) is 0 Å². The first-order valence-electron chi connectivity index (χ1n) is 8.90. The molecule has 0 saturated heterocycles. The van der Waals surface area contributed by atoms with Gasteiger partial charge in [-0.25, -0.2) is 0 Å². The van der Waals surface area contributed by atoms with Gasteiger partial charge in [0.1, 0.15) is 5.75 Å². The number of aryl methyl sites for hydroxylation is 1. The van der Waals surface area contributed by atoms with Crippen LogP contribution in [-0.4, -0.2) is 7.11 Å². The van der Waals surface area contributed by atoms with Crippen molar-refractivity contribution < 1.29 is 4.74 Å². The molecule has 0 aliphatic carbocycles. The molecule has 126 valence electrons. The molecule has 23 heavy (non-hydrogen) atoms. The Morgan fingerprint density at radius 2 is 1.65 bits per heavy atom. The van der Waals surface area contributed by atoms with Crippen LogP contribution in [0.15, 0.2) is 61.2 Å². The molecular formula is C22H32O. The van der Waals surface area contributed by atoms with Gasteiger partial charge in [-0.3, -0.25) is 0 Å². The maximum Gasteiger partial charge on any atom is 0.119 e. The molecule has 0 aliphatic heterocycles. The van der Waals surface area contributed by atoms with E-state index < -0.39 is 0 Å². The van der Waals surface area contributed by atoms with Crippen molar-refractivity contribution in [3.8, 4) is 5.75 Å². The number of ether oxygens (including phenoxy) is 1. The molecule has 0 aliphatic rings. The summed E-state index contributed by atoms with van der Waals surface area (Å²) in [6, 6.07) is 8.42. The zero-order valence-electron chi connectivity index (χ0n) is 14.7. The van der Waals surface area contributed by atoms with E-state index in [1.165, 1.54) is 44.1 Å². The Morgan fingerprint density at radius 1 is 0.913 bits per heavy atom. The van der Waals surface area contributed by atoms with E-state index in [0.29, 0.717) is 0 Å². The Hall–Kier alpha value is -1.76. The number of rotatable bonds is 13. The summed E-state index contributed by atoms with van der Waals surface area (Å²) >= 11 is 0. The molecule has 1 heteroatoms. The summed E-state index contributed by atoms with van der Waals surface area (Å²) in [6.45, 7) is 3.70. The minimum atomic E-state index is 0.966. The number of hydrogen-bond donors (Lipinski definition) is 0. The maximum absolute atomic E-state index is 5.26. The third kappa shape index (κ3) is 10.6. The lowest BCUT2D eigenvalue weighted by Crippen LogP contribution is -1.88. The molecule has 0 radical (unpaired) electrons. The van der Waals surface area contributed by atoms with Gasteiger partial charge in [-0.1, -0.05) is 61.8 Å². The molecule has 0 heterocycles. The van der Waals surface area contributed by atoms with Crippen LogP contribution in [-0.2, 0) is 6.42 Å². The Morgan fingerprint density at radius 3 is 2.48 bits per heavy atom. The molecule has 0 fully saturated rings. The Kier molecular flexibility index (Phi) is 11.6. The van der Waals surface area contributed by atoms with Crippen molar-refractivity contribution in [2.45, 2.75) is 57.8 Å². The van der Waals surface area contributed by atoms with E-state index >= 15 is 0 Å². The van der Waals surface area contributed by atoms with Crippen molar-refractivity contribution in [3.05, 3.63) is 66.8 Å². The van der Waals surface area contributed by atoms with E-state index in [1.807, 2.05) is 12.1 Å². The van der Waals surface area contributed by atoms with Crippen LogP contribution in [0.4, 0.5) is 0 Å². The van der Waals surface area contributed by atoms with Crippen LogP contribution in [0.3, 0.4) is 0 Å². The van der Waals surface area contributed by atoms with Gasteiger partial charge < -0.3 is 4.74 Å². The van der Waals surface area contributed by atoms with Gasteiger partial charge in [0.2, 0.25) is 0 Å². The molecule has 0 amide bonds. The van der Waals surface area contributed by atoms with Crippen LogP contribution in [0, 0.1) is 0 Å². The fourth-order valence-corrected chi connectivity index (χ4v) is 2.53. The lowest BCUT2D eigenvalue weighted by atomic mass is 10.0. The molecule has 0 unspecified atom stereocenters. The van der Waals surface area contributed by atoms with Gasteiger partial charge in [0.05, 0.1) is 7.11 Å². The van der Waals surface area contributed by atoms with Gasteiger partial charge in [0.15, 0.2) is 0 Å². The average molecular weight is 312 g/mol. The standard InChI is InChI=1S/C22H32O/c1-3-4-5-6-7-8-9-10-11-12-13-14-15-17-21-18-16-19-22(20-21)23-2/h3,5-6,8-9,16,18-20H,1,4,7,10-15,17H2,2H3/b6-5+,9-8+. The number of hydrogen-bond acceptors (Lipinski definition) is 1. The monoisotopic (exact) mass is 312 g/mol. The molecule has 0 bridgehead atoms. The Bertz CT molecular complexity index is 471. The number of allylic oxidation sites excluding steroid dienone is 5. The van der Waals surface area contributed by atoms with Crippen LogP contribution in [0.5, 0.6) is 5.75 Å². The molecule has 0 saturated carbocycles. The molecular weight excluding hydrogens is 280 g/mol. The summed E-state index contributed by atoms with van der Waals surface area (Å²) in [4.78, 5) is 0. The molecule has 0 aromatic heterocycles. The number of benzene rings is 1. The molecule has 1 nitrogen and oxygen atoms in total. The second kappa shape index (κ2) is 13.9. The molecule has 1 aromatic rings. The van der Waals surface area contributed by atoms with Crippen LogP contribution in [0.2, 0.25) is 0 Å². The topological polar surface area (TPSA) is 9.23 Å². The fourth-order valence-electron chi connectivity index (χ4n) is 2.53. The van der Waals surface area contributed by atoms with Gasteiger partial charge in [0.25, 0.3) is 0 Å². The van der Waals surface area contributed by atoms with Crippen molar-refractivity contribution in [1.82, 2.24) is 0 Å². The SMILES string of the molecule is C=CC/C=C/C/C=C/CCCCCCCc1cccc(OC)c1. The molecule has 1 aromatic carbocycles. The largest absolute Gasteiger partial charge is 0.497 e. The van der Waals surface area contributed by atoms with Gasteiger partial charge in [-0.2, -0.15) is 0 Å². The zero-order valence-corrected chi connectivity index (χ0v) is 14.7. The predicted octanol–water partition coefficient (Wildman–Crippen LogP) is 6.66. The summed E-state index contributed by atoms with van der Waals surface area (Å²) in [6.07, 6.45) is 21.9. The van der Waals surface area contributed by atoms with Gasteiger partial charge >= 0.3 is 0 Å². The summed E-state index contributed by atoms with van der Waals surface area (Å²) in [5.74, 6) is 0.966. The smallest absolute Gasteiger partial charge is 0.119 e. The first-order chi connectivity index (χ1) is 11.4.